The van der Waals surface area contributed by atoms with Crippen molar-refractivity contribution in [1.82, 2.24) is 15.1 Å². The summed E-state index contributed by atoms with van der Waals surface area (Å²) in [6.07, 6.45) is 2.20. The van der Waals surface area contributed by atoms with E-state index in [-0.39, 0.29) is 17.9 Å². The normalized spacial score (nSPS) is 19.5. The lowest BCUT2D eigenvalue weighted by Gasteiger charge is -2.37. The van der Waals surface area contributed by atoms with E-state index in [0.29, 0.717) is 31.3 Å². The molecule has 136 valence electrons. The van der Waals surface area contributed by atoms with Crippen LogP contribution in [0.1, 0.15) is 35.7 Å². The van der Waals surface area contributed by atoms with Crippen molar-refractivity contribution in [2.45, 2.75) is 38.5 Å². The molecule has 25 heavy (non-hydrogen) atoms. The minimum Gasteiger partial charge on any atom is -0.380 e. The second kappa shape index (κ2) is 7.97. The quantitative estimate of drug-likeness (QED) is 0.843. The minimum atomic E-state index is -0.133. The second-order valence-corrected chi connectivity index (χ2v) is 6.92. The summed E-state index contributed by atoms with van der Waals surface area (Å²) >= 11 is 0. The van der Waals surface area contributed by atoms with E-state index in [0.717, 1.165) is 31.5 Å². The van der Waals surface area contributed by atoms with Crippen LogP contribution in [-0.4, -0.2) is 67.0 Å². The lowest BCUT2D eigenvalue weighted by atomic mass is 10.1. The summed E-state index contributed by atoms with van der Waals surface area (Å²) in [5.41, 5.74) is 1.76. The average molecular weight is 345 g/mol. The number of hydrogen-bond donors (Lipinski definition) is 1. The van der Waals surface area contributed by atoms with Crippen molar-refractivity contribution in [2.24, 2.45) is 0 Å². The van der Waals surface area contributed by atoms with E-state index < -0.39 is 0 Å². The van der Waals surface area contributed by atoms with E-state index in [9.17, 15) is 9.59 Å². The number of nitrogens with zero attached hydrogens (tertiary/aromatic N) is 2. The molecule has 1 saturated carbocycles. The van der Waals surface area contributed by atoms with Crippen molar-refractivity contribution in [3.8, 4) is 0 Å². The predicted octanol–water partition coefficient (Wildman–Crippen LogP) is 1.26. The molecule has 2 amide bonds. The molecule has 6 nitrogen and oxygen atoms in total. The highest BCUT2D eigenvalue weighted by molar-refractivity contribution is 5.94. The van der Waals surface area contributed by atoms with Crippen LogP contribution in [0.15, 0.2) is 24.3 Å². The molecule has 1 aromatic carbocycles. The summed E-state index contributed by atoms with van der Waals surface area (Å²) in [5, 5.41) is 3.05. The van der Waals surface area contributed by atoms with Gasteiger partial charge in [0.2, 0.25) is 5.91 Å². The maximum atomic E-state index is 12.6. The van der Waals surface area contributed by atoms with E-state index in [2.05, 4.69) is 10.2 Å². The molecule has 1 unspecified atom stereocenters. The van der Waals surface area contributed by atoms with Gasteiger partial charge in [0.15, 0.2) is 0 Å². The highest BCUT2D eigenvalue weighted by Crippen LogP contribution is 2.19. The molecule has 1 aromatic rings. The third kappa shape index (κ3) is 4.58. The maximum Gasteiger partial charge on any atom is 0.253 e. The number of ether oxygens (including phenoxy) is 1. The van der Waals surface area contributed by atoms with Gasteiger partial charge < -0.3 is 15.0 Å². The fraction of sp³-hybridized carbons (Fsp3) is 0.579. The summed E-state index contributed by atoms with van der Waals surface area (Å²) < 4.78 is 5.09. The SMILES string of the molecule is COCc1ccc(C(=O)N2CCN(C(C)C(=O)NC3CC3)CC2)cc1. The summed E-state index contributed by atoms with van der Waals surface area (Å²) in [4.78, 5) is 28.8. The number of carbonyl (C=O) groups is 2. The van der Waals surface area contributed by atoms with E-state index >= 15 is 0 Å². The largest absolute Gasteiger partial charge is 0.380 e. The van der Waals surface area contributed by atoms with Gasteiger partial charge in [0.1, 0.15) is 0 Å². The number of carbonyl (C=O) groups excluding carboxylic acids is 2. The summed E-state index contributed by atoms with van der Waals surface area (Å²) in [5.74, 6) is 0.162. The molecule has 6 heteroatoms. The number of methoxy groups -OCH3 is 1. The lowest BCUT2D eigenvalue weighted by molar-refractivity contribution is -0.126. The van der Waals surface area contributed by atoms with E-state index in [1.54, 1.807) is 7.11 Å². The van der Waals surface area contributed by atoms with Gasteiger partial charge in [-0.1, -0.05) is 12.1 Å². The Balaban J connectivity index is 1.50. The fourth-order valence-corrected chi connectivity index (χ4v) is 3.12. The first kappa shape index (κ1) is 17.9. The first-order valence-corrected chi connectivity index (χ1v) is 9.00. The molecule has 1 aliphatic heterocycles. The highest BCUT2D eigenvalue weighted by atomic mass is 16.5. The van der Waals surface area contributed by atoms with Crippen LogP contribution in [0.4, 0.5) is 0 Å². The van der Waals surface area contributed by atoms with E-state index in [1.807, 2.05) is 36.1 Å². The molecule has 1 atom stereocenters. The van der Waals surface area contributed by atoms with Crippen LogP contribution in [-0.2, 0) is 16.1 Å². The first-order valence-electron chi connectivity index (χ1n) is 9.00. The Labute approximate surface area is 149 Å². The van der Waals surface area contributed by atoms with Crippen LogP contribution in [0.3, 0.4) is 0 Å². The zero-order valence-electron chi connectivity index (χ0n) is 15.0. The average Bonchev–Trinajstić information content (AvgIpc) is 3.45. The van der Waals surface area contributed by atoms with Crippen LogP contribution in [0.25, 0.3) is 0 Å². The number of benzene rings is 1. The van der Waals surface area contributed by atoms with Crippen molar-refractivity contribution in [3.05, 3.63) is 35.4 Å². The Morgan fingerprint density at radius 1 is 1.16 bits per heavy atom. The molecule has 1 aliphatic carbocycles. The topological polar surface area (TPSA) is 61.9 Å². The van der Waals surface area contributed by atoms with Crippen LogP contribution in [0.2, 0.25) is 0 Å². The summed E-state index contributed by atoms with van der Waals surface area (Å²) in [7, 11) is 1.66. The van der Waals surface area contributed by atoms with Gasteiger partial charge in [-0.3, -0.25) is 14.5 Å². The Morgan fingerprint density at radius 3 is 2.36 bits per heavy atom. The second-order valence-electron chi connectivity index (χ2n) is 6.92. The third-order valence-electron chi connectivity index (χ3n) is 4.96. The number of nitrogens with one attached hydrogen (secondary N) is 1. The molecule has 1 saturated heterocycles. The molecule has 0 radical (unpaired) electrons. The predicted molar refractivity (Wildman–Crippen MR) is 95.3 cm³/mol. The van der Waals surface area contributed by atoms with Gasteiger partial charge in [0.25, 0.3) is 5.91 Å². The zero-order valence-corrected chi connectivity index (χ0v) is 15.0. The van der Waals surface area contributed by atoms with Gasteiger partial charge in [-0.25, -0.2) is 0 Å². The molecular weight excluding hydrogens is 318 g/mol. The lowest BCUT2D eigenvalue weighted by Crippen LogP contribution is -2.55. The van der Waals surface area contributed by atoms with Gasteiger partial charge in [-0.2, -0.15) is 0 Å². The highest BCUT2D eigenvalue weighted by Gasteiger charge is 2.31. The molecule has 0 bridgehead atoms. The minimum absolute atomic E-state index is 0.0544. The zero-order chi connectivity index (χ0) is 17.8. The molecule has 2 aliphatic rings. The number of piperazine rings is 1. The van der Waals surface area contributed by atoms with Crippen LogP contribution in [0.5, 0.6) is 0 Å². The molecular formula is C19H27N3O3. The molecule has 2 fully saturated rings. The Kier molecular flexibility index (Phi) is 5.71. The van der Waals surface area contributed by atoms with Gasteiger partial charge in [-0.15, -0.1) is 0 Å². The Morgan fingerprint density at radius 2 is 1.80 bits per heavy atom. The van der Waals surface area contributed by atoms with Crippen molar-refractivity contribution < 1.29 is 14.3 Å². The van der Waals surface area contributed by atoms with E-state index in [4.69, 9.17) is 4.74 Å². The van der Waals surface area contributed by atoms with Crippen molar-refractivity contribution in [2.75, 3.05) is 33.3 Å². The van der Waals surface area contributed by atoms with Crippen LogP contribution in [0, 0.1) is 0 Å². The molecule has 3 rings (SSSR count). The number of amides is 2. The van der Waals surface area contributed by atoms with E-state index in [1.165, 1.54) is 0 Å². The summed E-state index contributed by atoms with van der Waals surface area (Å²) in [6, 6.07) is 7.82. The van der Waals surface area contributed by atoms with Gasteiger partial charge in [0.05, 0.1) is 12.6 Å². The molecule has 0 aromatic heterocycles. The monoisotopic (exact) mass is 345 g/mol. The molecule has 1 heterocycles. The van der Waals surface area contributed by atoms with Crippen LogP contribution >= 0.6 is 0 Å². The van der Waals surface area contributed by atoms with Crippen LogP contribution < -0.4 is 5.32 Å². The van der Waals surface area contributed by atoms with Crippen molar-refractivity contribution in [1.29, 1.82) is 0 Å². The third-order valence-corrected chi connectivity index (χ3v) is 4.96. The summed E-state index contributed by atoms with van der Waals surface area (Å²) in [6.45, 7) is 5.26. The smallest absolute Gasteiger partial charge is 0.253 e. The number of rotatable bonds is 6. The molecule has 1 N–H and O–H groups in total. The Bertz CT molecular complexity index is 605. The fourth-order valence-electron chi connectivity index (χ4n) is 3.12. The van der Waals surface area contributed by atoms with Gasteiger partial charge >= 0.3 is 0 Å². The first-order chi connectivity index (χ1) is 12.1. The molecule has 0 spiro atoms. The van der Waals surface area contributed by atoms with Gasteiger partial charge in [0, 0.05) is 44.9 Å². The van der Waals surface area contributed by atoms with Crippen molar-refractivity contribution in [3.63, 3.8) is 0 Å². The van der Waals surface area contributed by atoms with Gasteiger partial charge in [-0.05, 0) is 37.5 Å². The van der Waals surface area contributed by atoms with Crippen molar-refractivity contribution >= 4 is 11.8 Å². The Hall–Kier alpha value is -1.92. The standard InChI is InChI=1S/C19H27N3O3/c1-14(18(23)20-17-7-8-17)21-9-11-22(12-10-21)19(24)16-5-3-15(4-6-16)13-25-2/h3-6,14,17H,7-13H2,1-2H3,(H,20,23). The maximum absolute atomic E-state index is 12.6. The number of hydrogen-bond acceptors (Lipinski definition) is 4.